The molecule has 2 aliphatic heterocycles. The number of aromatic nitrogens is 3. The van der Waals surface area contributed by atoms with E-state index in [0.29, 0.717) is 29.0 Å². The molecule has 9 nitrogen and oxygen atoms in total. The van der Waals surface area contributed by atoms with Crippen molar-refractivity contribution < 1.29 is 28.2 Å². The van der Waals surface area contributed by atoms with Gasteiger partial charge in [0.05, 0.1) is 37.5 Å². The van der Waals surface area contributed by atoms with Crippen LogP contribution in [0.4, 0.5) is 14.5 Å². The third kappa shape index (κ3) is 5.79. The molecule has 0 saturated carbocycles. The number of rotatable bonds is 9. The number of likely N-dealkylation sites (tertiary alicyclic amines) is 1. The van der Waals surface area contributed by atoms with Gasteiger partial charge >= 0.3 is 5.97 Å². The fraction of sp³-hybridized carbons (Fsp3) is 0.379. The maximum atomic E-state index is 14.4. The summed E-state index contributed by atoms with van der Waals surface area (Å²) in [6.07, 6.45) is 3.66. The van der Waals surface area contributed by atoms with E-state index < -0.39 is 17.6 Å². The van der Waals surface area contributed by atoms with Crippen LogP contribution < -0.4 is 4.74 Å². The van der Waals surface area contributed by atoms with E-state index in [9.17, 15) is 18.7 Å². The van der Waals surface area contributed by atoms with Gasteiger partial charge in [0.1, 0.15) is 33.8 Å². The predicted octanol–water partition coefficient (Wildman–Crippen LogP) is 5.77. The summed E-state index contributed by atoms with van der Waals surface area (Å²) in [6, 6.07) is 7.34. The Morgan fingerprint density at radius 2 is 2.02 bits per heavy atom. The van der Waals surface area contributed by atoms with Crippen molar-refractivity contribution in [2.24, 2.45) is 0 Å². The average molecular weight is 580 g/mol. The molecule has 0 aliphatic carbocycles. The Bertz CT molecular complexity index is 1640. The Morgan fingerprint density at radius 3 is 2.71 bits per heavy atom. The van der Waals surface area contributed by atoms with Crippen LogP contribution in [0.3, 0.4) is 0 Å². The van der Waals surface area contributed by atoms with E-state index in [1.54, 1.807) is 6.07 Å². The summed E-state index contributed by atoms with van der Waals surface area (Å²) in [5.74, 6) is -0.769. The van der Waals surface area contributed by atoms with E-state index >= 15 is 0 Å². The minimum Gasteiger partial charge on any atom is -0.477 e. The monoisotopic (exact) mass is 579 g/mol. The topological polar surface area (TPSA) is 94.1 Å². The summed E-state index contributed by atoms with van der Waals surface area (Å²) < 4.78 is 42.2. The summed E-state index contributed by atoms with van der Waals surface area (Å²) in [7, 11) is 0. The lowest BCUT2D eigenvalue weighted by Crippen LogP contribution is -2.35. The third-order valence-corrected chi connectivity index (χ3v) is 8.69. The number of fused-ring (bicyclic) bond motifs is 1. The third-order valence-electron chi connectivity index (χ3n) is 7.68. The molecule has 1 N–H and O–H groups in total. The average Bonchev–Trinajstić information content (AvgIpc) is 3.49. The summed E-state index contributed by atoms with van der Waals surface area (Å²) in [5.41, 5.74) is 1.98. The molecule has 0 radical (unpaired) electrons. The smallest absolute Gasteiger partial charge is 0.346 e. The second kappa shape index (κ2) is 11.5. The first-order valence-corrected chi connectivity index (χ1v) is 14.2. The van der Waals surface area contributed by atoms with Gasteiger partial charge in [-0.05, 0) is 56.5 Å². The summed E-state index contributed by atoms with van der Waals surface area (Å²) in [4.78, 5) is 26.9. The minimum absolute atomic E-state index is 0.0172. The Balaban J connectivity index is 1.14. The predicted molar refractivity (Wildman–Crippen MR) is 147 cm³/mol. The highest BCUT2D eigenvalue weighted by Crippen LogP contribution is 2.35. The molecule has 12 heteroatoms. The Morgan fingerprint density at radius 1 is 1.22 bits per heavy atom. The molecule has 212 valence electrons. The molecular formula is C29H27F2N5O4S. The highest BCUT2D eigenvalue weighted by molar-refractivity contribution is 7.20. The highest BCUT2D eigenvalue weighted by Gasteiger charge is 2.28. The molecule has 4 aromatic rings. The molecule has 2 saturated heterocycles. The molecular weight excluding hydrogens is 552 g/mol. The Hall–Kier alpha value is -3.92. The van der Waals surface area contributed by atoms with E-state index in [1.165, 1.54) is 35.6 Å². The molecule has 1 aromatic carbocycles. The van der Waals surface area contributed by atoms with Crippen LogP contribution in [0.25, 0.3) is 15.2 Å². The number of nitrogens with zero attached hydrogens (tertiary/aromatic N) is 5. The number of carboxylic acid groups (broad SMARTS) is 1. The van der Waals surface area contributed by atoms with Crippen molar-refractivity contribution in [3.63, 3.8) is 0 Å². The summed E-state index contributed by atoms with van der Waals surface area (Å²) in [6.45, 7) is 10.4. The van der Waals surface area contributed by atoms with E-state index in [0.717, 1.165) is 56.5 Å². The number of ether oxygens (including phenoxy) is 2. The Kier molecular flexibility index (Phi) is 7.66. The molecule has 3 aromatic heterocycles. The number of halogens is 2. The van der Waals surface area contributed by atoms with Crippen molar-refractivity contribution in [2.45, 2.75) is 51.0 Å². The standard InChI is InChI=1S/C29H27F2N5O4S/c1-32-20-3-2-18(23(31)11-20)16-40-27-22(10-19(30)13-33-27)17-4-7-35(8-5-17)15-26-34-28-24(12-25(41-28)29(37)38)36(26)14-21-6-9-39-21/h2-3,10-13,17,21H,4-9,14-16H2,(H,37,38)/t21-/m0/s1. The second-order valence-electron chi connectivity index (χ2n) is 10.3. The number of imidazole rings is 1. The first kappa shape index (κ1) is 27.3. The zero-order valence-corrected chi connectivity index (χ0v) is 22.9. The van der Waals surface area contributed by atoms with Gasteiger partial charge in [-0.3, -0.25) is 4.90 Å². The maximum absolute atomic E-state index is 14.4. The van der Waals surface area contributed by atoms with Crippen molar-refractivity contribution in [3.05, 3.63) is 81.4 Å². The van der Waals surface area contributed by atoms with Crippen molar-refractivity contribution in [1.29, 1.82) is 0 Å². The van der Waals surface area contributed by atoms with Crippen LogP contribution in [-0.2, 0) is 24.4 Å². The van der Waals surface area contributed by atoms with Gasteiger partial charge in [-0.25, -0.2) is 28.4 Å². The van der Waals surface area contributed by atoms with Crippen molar-refractivity contribution >= 4 is 33.3 Å². The molecule has 0 unspecified atom stereocenters. The van der Waals surface area contributed by atoms with Gasteiger partial charge in [0, 0.05) is 17.7 Å². The van der Waals surface area contributed by atoms with Crippen LogP contribution in [0, 0.1) is 18.2 Å². The molecule has 2 fully saturated rings. The number of pyridine rings is 1. The van der Waals surface area contributed by atoms with Gasteiger partial charge < -0.3 is 19.1 Å². The summed E-state index contributed by atoms with van der Waals surface area (Å²) in [5, 5.41) is 9.42. The van der Waals surface area contributed by atoms with Crippen LogP contribution in [0.1, 0.15) is 51.8 Å². The van der Waals surface area contributed by atoms with Gasteiger partial charge in [0.2, 0.25) is 5.88 Å². The largest absolute Gasteiger partial charge is 0.477 e. The molecule has 41 heavy (non-hydrogen) atoms. The number of benzene rings is 1. The van der Waals surface area contributed by atoms with Gasteiger partial charge in [-0.1, -0.05) is 12.1 Å². The molecule has 1 atom stereocenters. The van der Waals surface area contributed by atoms with E-state index in [4.69, 9.17) is 21.0 Å². The number of thiophene rings is 1. The first-order chi connectivity index (χ1) is 19.9. The fourth-order valence-corrected chi connectivity index (χ4v) is 6.24. The quantitative estimate of drug-likeness (QED) is 0.252. The lowest BCUT2D eigenvalue weighted by atomic mass is 9.90. The molecule has 6 rings (SSSR count). The van der Waals surface area contributed by atoms with Crippen LogP contribution in [0.15, 0.2) is 36.5 Å². The molecule has 0 spiro atoms. The SMILES string of the molecule is [C-]#[N+]c1ccc(COc2ncc(F)cc2C2CCN(Cc3nc4sc(C(=O)O)cc4n3C[C@@H]3CCO3)CC2)c(F)c1. The zero-order chi connectivity index (χ0) is 28.5. The number of carbonyl (C=O) groups is 1. The number of aromatic carboxylic acids is 1. The lowest BCUT2D eigenvalue weighted by Gasteiger charge is -2.33. The molecule has 5 heterocycles. The second-order valence-corrected chi connectivity index (χ2v) is 11.3. The van der Waals surface area contributed by atoms with Gasteiger partial charge in [0.25, 0.3) is 0 Å². The van der Waals surface area contributed by atoms with Crippen LogP contribution >= 0.6 is 11.3 Å². The van der Waals surface area contributed by atoms with Crippen LogP contribution in [-0.4, -0.2) is 56.3 Å². The van der Waals surface area contributed by atoms with Crippen molar-refractivity contribution in [2.75, 3.05) is 19.7 Å². The zero-order valence-electron chi connectivity index (χ0n) is 22.1. The molecule has 0 amide bonds. The number of carboxylic acids is 1. The van der Waals surface area contributed by atoms with E-state index in [2.05, 4.69) is 19.3 Å². The first-order valence-electron chi connectivity index (χ1n) is 13.4. The molecule has 0 bridgehead atoms. The van der Waals surface area contributed by atoms with Crippen molar-refractivity contribution in [1.82, 2.24) is 19.4 Å². The number of hydrogen-bond donors (Lipinski definition) is 1. The fourth-order valence-electron chi connectivity index (χ4n) is 5.35. The number of piperidine rings is 1. The van der Waals surface area contributed by atoms with Crippen LogP contribution in [0.5, 0.6) is 5.88 Å². The van der Waals surface area contributed by atoms with Gasteiger partial charge in [-0.15, -0.1) is 11.3 Å². The number of hydrogen-bond acceptors (Lipinski definition) is 7. The maximum Gasteiger partial charge on any atom is 0.346 e. The summed E-state index contributed by atoms with van der Waals surface area (Å²) >= 11 is 1.18. The Labute approximate surface area is 238 Å². The van der Waals surface area contributed by atoms with Gasteiger partial charge in [0.15, 0.2) is 5.69 Å². The molecule has 2 aliphatic rings. The van der Waals surface area contributed by atoms with Crippen LogP contribution in [0.2, 0.25) is 0 Å². The normalized spacial score (nSPS) is 17.8. The van der Waals surface area contributed by atoms with Gasteiger partial charge in [-0.2, -0.15) is 0 Å². The van der Waals surface area contributed by atoms with E-state index in [-0.39, 0.29) is 35.1 Å². The van der Waals surface area contributed by atoms with Crippen molar-refractivity contribution in [3.8, 4) is 5.88 Å². The highest BCUT2D eigenvalue weighted by atomic mass is 32.1. The van der Waals surface area contributed by atoms with E-state index in [1.807, 2.05) is 0 Å². The lowest BCUT2D eigenvalue weighted by molar-refractivity contribution is -0.0592. The minimum atomic E-state index is -0.957.